The van der Waals surface area contributed by atoms with Gasteiger partial charge in [-0.15, -0.1) is 0 Å². The van der Waals surface area contributed by atoms with E-state index < -0.39 is 147 Å². The molecule has 0 radical (unpaired) electrons. The van der Waals surface area contributed by atoms with Crippen molar-refractivity contribution in [1.82, 2.24) is 0 Å². The van der Waals surface area contributed by atoms with Crippen molar-refractivity contribution in [1.29, 1.82) is 0 Å². The summed E-state index contributed by atoms with van der Waals surface area (Å²) in [5, 5.41) is 116. The van der Waals surface area contributed by atoms with Crippen LogP contribution in [-0.4, -0.2) is 166 Å². The van der Waals surface area contributed by atoms with Gasteiger partial charge in [0.05, 0.1) is 79.6 Å². The number of aliphatic hydroxyl groups is 10. The lowest BCUT2D eigenvalue weighted by Gasteiger charge is -2.41. The third-order valence-corrected chi connectivity index (χ3v) is 11.7. The Hall–Kier alpha value is -3.47. The van der Waals surface area contributed by atoms with Crippen molar-refractivity contribution >= 4 is 17.7 Å². The maximum Gasteiger partial charge on any atom is 0.311 e. The number of aliphatic carboxylic acids is 1. The van der Waals surface area contributed by atoms with Crippen molar-refractivity contribution in [2.24, 2.45) is 23.5 Å². The molecule has 0 aromatic heterocycles. The van der Waals surface area contributed by atoms with Gasteiger partial charge in [0.25, 0.3) is 0 Å². The van der Waals surface area contributed by atoms with Crippen molar-refractivity contribution in [2.45, 2.75) is 184 Å². The van der Waals surface area contributed by atoms with Crippen molar-refractivity contribution in [3.8, 4) is 0 Å². The van der Waals surface area contributed by atoms with Crippen LogP contribution in [0.1, 0.15) is 91.9 Å². The van der Waals surface area contributed by atoms with Gasteiger partial charge in [-0.1, -0.05) is 86.8 Å². The van der Waals surface area contributed by atoms with Gasteiger partial charge in [0.1, 0.15) is 23.9 Å². The maximum absolute atomic E-state index is 12.9. The minimum Gasteiger partial charge on any atom is -0.481 e. The van der Waals surface area contributed by atoms with Gasteiger partial charge in [-0.25, -0.2) is 0 Å². The molecular weight excluding hydrogens is 851 g/mol. The molecule has 1 fully saturated rings. The number of carboxylic acid groups (broad SMARTS) is 1. The molecule has 1 saturated heterocycles. The lowest BCUT2D eigenvalue weighted by Crippen LogP contribution is -2.61. The van der Waals surface area contributed by atoms with Crippen molar-refractivity contribution in [3.63, 3.8) is 0 Å². The zero-order valence-electron chi connectivity index (χ0n) is 37.8. The standard InChI is InChI=1S/C47H75NO17/c1-27-17-15-13-11-9-7-5-6-8-10-12-14-16-18-35(65-47-45(60)42(48)44(59)30(4)64-47)26-39(56)41(46(61)62)38(55)24-34(52)23-37(54)36(53)20-19-31(49)21-32(50)22-33(51)25-40(57)63-29(3)28(2)43(27)58/h5-6,8,10-18,27-33,35-39,41-45,47,49-51,53-56,58-60H,7,9,19-26,48H2,1-4H3,(H,61,62)/b6-5+,10-8+,13-11+,14-12+,17-15-,18-16+/t27-,28+,29-,30-,31+,32+,33+,35+,36-,37+,38-,39+,41-,42+,43+,44+,45+,47+/m1/s1. The number of ether oxygens (including phenoxy) is 3. The number of ketones is 1. The summed E-state index contributed by atoms with van der Waals surface area (Å²) in [6.07, 6.45) is 0.848. The van der Waals surface area contributed by atoms with E-state index in [2.05, 4.69) is 0 Å². The Morgan fingerprint density at radius 1 is 0.615 bits per heavy atom. The average Bonchev–Trinajstić information content (AvgIpc) is 3.22. The van der Waals surface area contributed by atoms with E-state index >= 15 is 0 Å². The molecular formula is C47H75NO17. The largest absolute Gasteiger partial charge is 0.481 e. The molecule has 0 aliphatic carbocycles. The van der Waals surface area contributed by atoms with Crippen LogP contribution in [0.15, 0.2) is 72.9 Å². The van der Waals surface area contributed by atoms with Gasteiger partial charge in [-0.05, 0) is 52.4 Å². The summed E-state index contributed by atoms with van der Waals surface area (Å²) in [5.41, 5.74) is 5.96. The Labute approximate surface area is 381 Å². The molecule has 2 aliphatic heterocycles. The predicted molar refractivity (Wildman–Crippen MR) is 238 cm³/mol. The zero-order chi connectivity index (χ0) is 48.8. The topological polar surface area (TPSA) is 327 Å². The molecule has 0 spiro atoms. The Bertz CT molecular complexity index is 1600. The molecule has 0 aromatic rings. The molecule has 18 nitrogen and oxygen atoms in total. The van der Waals surface area contributed by atoms with Gasteiger partial charge in [0, 0.05) is 31.1 Å². The molecule has 18 atom stereocenters. The molecule has 0 bridgehead atoms. The smallest absolute Gasteiger partial charge is 0.311 e. The van der Waals surface area contributed by atoms with E-state index in [4.69, 9.17) is 19.9 Å². The first-order valence-electron chi connectivity index (χ1n) is 22.4. The van der Waals surface area contributed by atoms with E-state index in [1.807, 2.05) is 43.4 Å². The van der Waals surface area contributed by atoms with E-state index in [0.29, 0.717) is 0 Å². The highest BCUT2D eigenvalue weighted by molar-refractivity contribution is 5.81. The number of Topliss-reactive ketones (excluding diaryl/α,β-unsaturated/α-hetero) is 1. The Kier molecular flexibility index (Phi) is 26.6. The molecule has 0 saturated carbocycles. The summed E-state index contributed by atoms with van der Waals surface area (Å²) < 4.78 is 17.0. The molecule has 0 amide bonds. The Balaban J connectivity index is 2.26. The van der Waals surface area contributed by atoms with Crippen LogP contribution >= 0.6 is 0 Å². The number of carbonyl (C=O) groups is 3. The van der Waals surface area contributed by atoms with Crippen LogP contribution in [0.3, 0.4) is 0 Å². The summed E-state index contributed by atoms with van der Waals surface area (Å²) in [6, 6.07) is -1.15. The molecule has 2 aliphatic rings. The first kappa shape index (κ1) is 57.7. The predicted octanol–water partition coefficient (Wildman–Crippen LogP) is 0.778. The van der Waals surface area contributed by atoms with E-state index in [1.54, 1.807) is 44.2 Å². The number of cyclic esters (lactones) is 1. The van der Waals surface area contributed by atoms with Gasteiger partial charge in [0.2, 0.25) is 0 Å². The molecule has 370 valence electrons. The summed E-state index contributed by atoms with van der Waals surface area (Å²) in [5.74, 6) is -5.88. The summed E-state index contributed by atoms with van der Waals surface area (Å²) in [4.78, 5) is 37.8. The summed E-state index contributed by atoms with van der Waals surface area (Å²) in [6.45, 7) is 6.73. The van der Waals surface area contributed by atoms with Gasteiger partial charge >= 0.3 is 11.9 Å². The monoisotopic (exact) mass is 926 g/mol. The third-order valence-electron chi connectivity index (χ3n) is 11.7. The van der Waals surface area contributed by atoms with Crippen molar-refractivity contribution in [3.05, 3.63) is 72.9 Å². The van der Waals surface area contributed by atoms with Crippen LogP contribution in [0.4, 0.5) is 0 Å². The molecule has 2 rings (SSSR count). The SMILES string of the molecule is C[C@@H]1[C@@H](O)[C@H](C)/C=C\C=C\CC/C=C/C=C/C=C/C=C/[C@H](O[C@@H]2O[C@H](C)[C@H](O)[C@H](N)[C@@H]2O)C[C@H](O)[C@H](C(=O)O)[C@H](O)CC(=O)C[C@H](O)[C@H](O)CC[C@H](O)C[C@H](O)C[C@H](O)CC(=O)O[C@@H]1C. The fourth-order valence-electron chi connectivity index (χ4n) is 7.45. The summed E-state index contributed by atoms with van der Waals surface area (Å²) in [7, 11) is 0. The molecule has 0 unspecified atom stereocenters. The zero-order valence-corrected chi connectivity index (χ0v) is 37.8. The average molecular weight is 926 g/mol. The first-order valence-corrected chi connectivity index (χ1v) is 22.4. The lowest BCUT2D eigenvalue weighted by atomic mass is 9.88. The van der Waals surface area contributed by atoms with E-state index in [-0.39, 0.29) is 31.6 Å². The number of hydrogen-bond donors (Lipinski definition) is 12. The van der Waals surface area contributed by atoms with E-state index in [1.165, 1.54) is 13.0 Å². The number of hydrogen-bond acceptors (Lipinski definition) is 17. The first-order chi connectivity index (χ1) is 30.6. The number of carboxylic acids is 1. The molecule has 13 N–H and O–H groups in total. The number of carbonyl (C=O) groups excluding carboxylic acids is 2. The maximum atomic E-state index is 12.9. The van der Waals surface area contributed by atoms with Gasteiger partial charge < -0.3 is 76.1 Å². The fourth-order valence-corrected chi connectivity index (χ4v) is 7.45. The second-order valence-electron chi connectivity index (χ2n) is 17.4. The number of nitrogens with two attached hydrogens (primary N) is 1. The number of rotatable bonds is 3. The normalized spacial score (nSPS) is 42.5. The van der Waals surface area contributed by atoms with Gasteiger partial charge in [-0.3, -0.25) is 14.4 Å². The van der Waals surface area contributed by atoms with E-state index in [9.17, 15) is 70.6 Å². The highest BCUT2D eigenvalue weighted by Crippen LogP contribution is 2.26. The van der Waals surface area contributed by atoms with Crippen LogP contribution in [-0.2, 0) is 28.6 Å². The van der Waals surface area contributed by atoms with Gasteiger partial charge in [0.15, 0.2) is 6.29 Å². The molecule has 0 aromatic carbocycles. The Morgan fingerprint density at radius 3 is 1.83 bits per heavy atom. The van der Waals surface area contributed by atoms with Crippen LogP contribution in [0, 0.1) is 17.8 Å². The Morgan fingerprint density at radius 2 is 1.18 bits per heavy atom. The highest BCUT2D eigenvalue weighted by Gasteiger charge is 2.43. The second-order valence-corrected chi connectivity index (χ2v) is 17.4. The quantitative estimate of drug-likeness (QED) is 0.174. The second kappa shape index (κ2) is 30.0. The minimum atomic E-state index is -1.95. The van der Waals surface area contributed by atoms with Crippen LogP contribution < -0.4 is 5.73 Å². The highest BCUT2D eigenvalue weighted by atomic mass is 16.7. The number of aliphatic hydroxyl groups excluding tert-OH is 10. The molecule has 18 heteroatoms. The van der Waals surface area contributed by atoms with Crippen molar-refractivity contribution < 1.29 is 84.8 Å². The minimum absolute atomic E-state index is 0.144. The van der Waals surface area contributed by atoms with Crippen LogP contribution in [0.2, 0.25) is 0 Å². The fraction of sp³-hybridized carbons (Fsp3) is 0.681. The molecule has 2 heterocycles. The van der Waals surface area contributed by atoms with Gasteiger partial charge in [-0.2, -0.15) is 0 Å². The third kappa shape index (κ3) is 21.4. The summed E-state index contributed by atoms with van der Waals surface area (Å²) >= 11 is 0. The van der Waals surface area contributed by atoms with Crippen LogP contribution in [0.5, 0.6) is 0 Å². The number of allylic oxidation sites excluding steroid dienone is 10. The lowest BCUT2D eigenvalue weighted by molar-refractivity contribution is -0.277. The molecule has 65 heavy (non-hydrogen) atoms. The number of esters is 1. The van der Waals surface area contributed by atoms with Crippen molar-refractivity contribution in [2.75, 3.05) is 0 Å². The van der Waals surface area contributed by atoms with Crippen LogP contribution in [0.25, 0.3) is 0 Å². The van der Waals surface area contributed by atoms with E-state index in [0.717, 1.165) is 12.8 Å².